The summed E-state index contributed by atoms with van der Waals surface area (Å²) >= 11 is 9.38. The van der Waals surface area contributed by atoms with Crippen molar-refractivity contribution in [3.8, 4) is 5.69 Å². The first-order valence-electron chi connectivity index (χ1n) is 4.39. The topological polar surface area (TPSA) is 29.9 Å². The van der Waals surface area contributed by atoms with Crippen LogP contribution < -0.4 is 5.32 Å². The average Bonchev–Trinajstić information content (AvgIpc) is 2.70. The second kappa shape index (κ2) is 4.24. The van der Waals surface area contributed by atoms with Crippen molar-refractivity contribution in [3.63, 3.8) is 0 Å². The lowest BCUT2D eigenvalue weighted by Crippen LogP contribution is -2.00. The predicted molar refractivity (Wildman–Crippen MR) is 65.8 cm³/mol. The van der Waals surface area contributed by atoms with Gasteiger partial charge in [0.2, 0.25) is 5.95 Å². The summed E-state index contributed by atoms with van der Waals surface area (Å²) in [5.74, 6) is 0.786. The van der Waals surface area contributed by atoms with E-state index >= 15 is 0 Å². The van der Waals surface area contributed by atoms with Crippen LogP contribution in [0.4, 0.5) is 5.95 Å². The fourth-order valence-electron chi connectivity index (χ4n) is 1.33. The normalized spacial score (nSPS) is 10.3. The van der Waals surface area contributed by atoms with Crippen LogP contribution in [0, 0.1) is 0 Å². The highest BCUT2D eigenvalue weighted by molar-refractivity contribution is 9.10. The van der Waals surface area contributed by atoms with Gasteiger partial charge in [-0.2, -0.15) is 0 Å². The van der Waals surface area contributed by atoms with E-state index in [1.54, 1.807) is 6.20 Å². The Morgan fingerprint density at radius 1 is 1.47 bits per heavy atom. The molecule has 0 spiro atoms. The highest BCUT2D eigenvalue weighted by atomic mass is 79.9. The number of rotatable bonds is 2. The standard InChI is InChI=1S/C10H9BrClN3/c1-13-10-14-4-5-15(10)7-2-3-8(11)9(12)6-7/h2-6H,1H3,(H,13,14). The Bertz CT molecular complexity index is 481. The maximum atomic E-state index is 6.03. The molecule has 0 aliphatic rings. The van der Waals surface area contributed by atoms with Crippen LogP contribution >= 0.6 is 27.5 Å². The van der Waals surface area contributed by atoms with E-state index in [0.29, 0.717) is 5.02 Å². The zero-order chi connectivity index (χ0) is 10.8. The summed E-state index contributed by atoms with van der Waals surface area (Å²) in [7, 11) is 1.83. The van der Waals surface area contributed by atoms with Crippen molar-refractivity contribution < 1.29 is 0 Å². The molecule has 0 atom stereocenters. The third-order valence-electron chi connectivity index (χ3n) is 2.05. The van der Waals surface area contributed by atoms with Gasteiger partial charge >= 0.3 is 0 Å². The molecule has 78 valence electrons. The first-order valence-corrected chi connectivity index (χ1v) is 5.56. The largest absolute Gasteiger partial charge is 0.358 e. The van der Waals surface area contributed by atoms with E-state index in [0.717, 1.165) is 16.1 Å². The Kier molecular flexibility index (Phi) is 2.98. The molecule has 0 fully saturated rings. The van der Waals surface area contributed by atoms with Crippen molar-refractivity contribution in [3.05, 3.63) is 40.1 Å². The van der Waals surface area contributed by atoms with Gasteiger partial charge in [-0.1, -0.05) is 11.6 Å². The highest BCUT2D eigenvalue weighted by Gasteiger charge is 2.04. The number of anilines is 1. The fourth-order valence-corrected chi connectivity index (χ4v) is 1.75. The fraction of sp³-hybridized carbons (Fsp3) is 0.100. The predicted octanol–water partition coefficient (Wildman–Crippen LogP) is 3.33. The van der Waals surface area contributed by atoms with Gasteiger partial charge in [-0.15, -0.1) is 0 Å². The number of nitrogens with zero attached hydrogens (tertiary/aromatic N) is 2. The monoisotopic (exact) mass is 285 g/mol. The summed E-state index contributed by atoms with van der Waals surface area (Å²) in [6.45, 7) is 0. The molecule has 15 heavy (non-hydrogen) atoms. The van der Waals surface area contributed by atoms with E-state index in [1.165, 1.54) is 0 Å². The summed E-state index contributed by atoms with van der Waals surface area (Å²) < 4.78 is 2.82. The molecule has 3 nitrogen and oxygen atoms in total. The van der Waals surface area contributed by atoms with Crippen molar-refractivity contribution in [1.29, 1.82) is 0 Å². The Morgan fingerprint density at radius 3 is 2.93 bits per heavy atom. The van der Waals surface area contributed by atoms with Crippen molar-refractivity contribution in [1.82, 2.24) is 9.55 Å². The maximum Gasteiger partial charge on any atom is 0.207 e. The summed E-state index contributed by atoms with van der Waals surface area (Å²) in [6, 6.07) is 5.77. The summed E-state index contributed by atoms with van der Waals surface area (Å²) in [4.78, 5) is 4.16. The molecule has 5 heteroatoms. The number of hydrogen-bond donors (Lipinski definition) is 1. The van der Waals surface area contributed by atoms with Gasteiger partial charge in [-0.3, -0.25) is 4.57 Å². The number of halogens is 2. The van der Waals surface area contributed by atoms with Crippen LogP contribution in [0.1, 0.15) is 0 Å². The zero-order valence-electron chi connectivity index (χ0n) is 8.04. The van der Waals surface area contributed by atoms with Crippen molar-refractivity contribution in [2.75, 3.05) is 12.4 Å². The molecule has 0 unspecified atom stereocenters. The molecule has 0 aliphatic carbocycles. The minimum absolute atomic E-state index is 0.684. The van der Waals surface area contributed by atoms with Gasteiger partial charge in [-0.05, 0) is 34.1 Å². The number of hydrogen-bond acceptors (Lipinski definition) is 2. The van der Waals surface area contributed by atoms with Crippen LogP contribution in [-0.4, -0.2) is 16.6 Å². The molecule has 1 aromatic carbocycles. The minimum Gasteiger partial charge on any atom is -0.358 e. The number of benzene rings is 1. The molecule has 0 bridgehead atoms. The lowest BCUT2D eigenvalue weighted by molar-refractivity contribution is 1.05. The van der Waals surface area contributed by atoms with E-state index in [9.17, 15) is 0 Å². The van der Waals surface area contributed by atoms with Gasteiger partial charge in [0, 0.05) is 23.9 Å². The Morgan fingerprint density at radius 2 is 2.27 bits per heavy atom. The van der Waals surface area contributed by atoms with Gasteiger partial charge in [0.25, 0.3) is 0 Å². The third kappa shape index (κ3) is 2.01. The molecule has 0 amide bonds. The van der Waals surface area contributed by atoms with Gasteiger partial charge < -0.3 is 5.32 Å². The lowest BCUT2D eigenvalue weighted by atomic mass is 10.3. The second-order valence-electron chi connectivity index (χ2n) is 2.97. The quantitative estimate of drug-likeness (QED) is 0.918. The molecule has 0 aliphatic heterocycles. The SMILES string of the molecule is CNc1nccn1-c1ccc(Br)c(Cl)c1. The Hall–Kier alpha value is -1.000. The number of nitrogens with one attached hydrogen (secondary N) is 1. The van der Waals surface area contributed by atoms with Gasteiger partial charge in [0.15, 0.2) is 0 Å². The van der Waals surface area contributed by atoms with Crippen LogP contribution in [0.15, 0.2) is 35.1 Å². The van der Waals surface area contributed by atoms with Crippen LogP contribution in [-0.2, 0) is 0 Å². The molecule has 0 radical (unpaired) electrons. The zero-order valence-corrected chi connectivity index (χ0v) is 10.4. The van der Waals surface area contributed by atoms with Gasteiger partial charge in [-0.25, -0.2) is 4.98 Å². The first kappa shape index (κ1) is 10.5. The highest BCUT2D eigenvalue weighted by Crippen LogP contribution is 2.26. The van der Waals surface area contributed by atoms with Crippen LogP contribution in [0.3, 0.4) is 0 Å². The molecule has 1 N–H and O–H groups in total. The Labute approximate surface area is 101 Å². The Balaban J connectivity index is 2.50. The van der Waals surface area contributed by atoms with E-state index in [-0.39, 0.29) is 0 Å². The molecule has 2 aromatic rings. The van der Waals surface area contributed by atoms with Crippen LogP contribution in [0.5, 0.6) is 0 Å². The minimum atomic E-state index is 0.684. The number of imidazole rings is 1. The van der Waals surface area contributed by atoms with E-state index in [1.807, 2.05) is 36.0 Å². The van der Waals surface area contributed by atoms with Crippen molar-refractivity contribution >= 4 is 33.5 Å². The van der Waals surface area contributed by atoms with Crippen LogP contribution in [0.2, 0.25) is 5.02 Å². The smallest absolute Gasteiger partial charge is 0.207 e. The van der Waals surface area contributed by atoms with E-state index in [2.05, 4.69) is 26.2 Å². The second-order valence-corrected chi connectivity index (χ2v) is 4.23. The molecule has 0 saturated heterocycles. The molecule has 1 heterocycles. The van der Waals surface area contributed by atoms with E-state index < -0.39 is 0 Å². The number of aromatic nitrogens is 2. The molecule has 1 aromatic heterocycles. The van der Waals surface area contributed by atoms with Crippen molar-refractivity contribution in [2.24, 2.45) is 0 Å². The summed E-state index contributed by atoms with van der Waals surface area (Å²) in [5, 5.41) is 3.69. The molecule has 2 rings (SSSR count). The lowest BCUT2D eigenvalue weighted by Gasteiger charge is -2.07. The van der Waals surface area contributed by atoms with E-state index in [4.69, 9.17) is 11.6 Å². The molecular weight excluding hydrogens is 277 g/mol. The third-order valence-corrected chi connectivity index (χ3v) is 3.28. The van der Waals surface area contributed by atoms with Crippen molar-refractivity contribution in [2.45, 2.75) is 0 Å². The van der Waals surface area contributed by atoms with Gasteiger partial charge in [0.05, 0.1) is 10.7 Å². The summed E-state index contributed by atoms with van der Waals surface area (Å²) in [5.41, 5.74) is 0.977. The summed E-state index contributed by atoms with van der Waals surface area (Å²) in [6.07, 6.45) is 3.62. The maximum absolute atomic E-state index is 6.03. The molecule has 0 saturated carbocycles. The average molecular weight is 287 g/mol. The van der Waals surface area contributed by atoms with Crippen LogP contribution in [0.25, 0.3) is 5.69 Å². The molecular formula is C10H9BrClN3. The van der Waals surface area contributed by atoms with Gasteiger partial charge in [0.1, 0.15) is 0 Å². The first-order chi connectivity index (χ1) is 7.22.